The zero-order valence-corrected chi connectivity index (χ0v) is 4.42. The number of carbonyl (C=O) groups excluding carboxylic acids is 1. The van der Waals surface area contributed by atoms with E-state index >= 15 is 0 Å². The van der Waals surface area contributed by atoms with Crippen molar-refractivity contribution in [1.29, 1.82) is 0 Å². The van der Waals surface area contributed by atoms with Crippen LogP contribution in [0.1, 0.15) is 6.42 Å². The van der Waals surface area contributed by atoms with Crippen molar-refractivity contribution in [1.82, 2.24) is 0 Å². The quantitative estimate of drug-likeness (QED) is 0.420. The third kappa shape index (κ3) is 1.50. The van der Waals surface area contributed by atoms with E-state index in [-0.39, 0.29) is 5.97 Å². The summed E-state index contributed by atoms with van der Waals surface area (Å²) in [5, 5.41) is 0. The average molecular weight is 115 g/mol. The van der Waals surface area contributed by atoms with E-state index in [2.05, 4.69) is 4.74 Å². The van der Waals surface area contributed by atoms with E-state index in [4.69, 9.17) is 4.74 Å². The predicted octanol–water partition coefficient (Wildman–Crippen LogP) is 0.112. The first-order valence-corrected chi connectivity index (χ1v) is 2.48. The Morgan fingerprint density at radius 2 is 2.50 bits per heavy atom. The van der Waals surface area contributed by atoms with E-state index in [1.807, 2.05) is 0 Å². The summed E-state index contributed by atoms with van der Waals surface area (Å²) >= 11 is 0. The normalized spacial score (nSPS) is 21.8. The Morgan fingerprint density at radius 3 is 3.38 bits per heavy atom. The molecule has 0 spiro atoms. The fourth-order valence-corrected chi connectivity index (χ4v) is 0.473. The maximum absolute atomic E-state index is 10.3. The SMILES string of the molecule is O=C1CCOC[CH]O1. The van der Waals surface area contributed by atoms with E-state index in [9.17, 15) is 4.79 Å². The molecule has 1 fully saturated rings. The molecule has 0 saturated carbocycles. The second-order valence-electron chi connectivity index (χ2n) is 1.48. The van der Waals surface area contributed by atoms with Crippen LogP contribution in [0.2, 0.25) is 0 Å². The Morgan fingerprint density at radius 1 is 1.62 bits per heavy atom. The Bertz CT molecular complexity index is 79.7. The third-order valence-corrected chi connectivity index (χ3v) is 0.851. The van der Waals surface area contributed by atoms with E-state index in [0.29, 0.717) is 19.6 Å². The lowest BCUT2D eigenvalue weighted by Crippen LogP contribution is -1.99. The number of carbonyl (C=O) groups is 1. The zero-order valence-electron chi connectivity index (χ0n) is 4.42. The molecular weight excluding hydrogens is 108 g/mol. The van der Waals surface area contributed by atoms with Crippen LogP contribution in [-0.4, -0.2) is 19.2 Å². The minimum absolute atomic E-state index is 0.206. The summed E-state index contributed by atoms with van der Waals surface area (Å²) < 4.78 is 9.38. The molecule has 0 aromatic rings. The number of rotatable bonds is 0. The lowest BCUT2D eigenvalue weighted by Gasteiger charge is -1.91. The third-order valence-electron chi connectivity index (χ3n) is 0.851. The molecule has 1 heterocycles. The van der Waals surface area contributed by atoms with Gasteiger partial charge in [0.1, 0.15) is 0 Å². The van der Waals surface area contributed by atoms with Crippen molar-refractivity contribution in [3.8, 4) is 0 Å². The van der Waals surface area contributed by atoms with Crippen molar-refractivity contribution in [3.05, 3.63) is 6.61 Å². The van der Waals surface area contributed by atoms with Gasteiger partial charge in [0, 0.05) is 0 Å². The number of cyclic esters (lactones) is 1. The minimum Gasteiger partial charge on any atom is -0.456 e. The minimum atomic E-state index is -0.206. The van der Waals surface area contributed by atoms with Gasteiger partial charge in [-0.25, -0.2) is 0 Å². The van der Waals surface area contributed by atoms with Crippen molar-refractivity contribution < 1.29 is 14.3 Å². The van der Waals surface area contributed by atoms with Crippen LogP contribution in [-0.2, 0) is 14.3 Å². The van der Waals surface area contributed by atoms with Crippen molar-refractivity contribution in [2.75, 3.05) is 13.2 Å². The van der Waals surface area contributed by atoms with Crippen LogP contribution in [0.3, 0.4) is 0 Å². The molecule has 0 atom stereocenters. The second-order valence-corrected chi connectivity index (χ2v) is 1.48. The fourth-order valence-electron chi connectivity index (χ4n) is 0.473. The highest BCUT2D eigenvalue weighted by atomic mass is 16.6. The van der Waals surface area contributed by atoms with Crippen molar-refractivity contribution in [2.24, 2.45) is 0 Å². The highest BCUT2D eigenvalue weighted by molar-refractivity contribution is 5.70. The molecule has 0 aliphatic carbocycles. The monoisotopic (exact) mass is 115 g/mol. The van der Waals surface area contributed by atoms with Gasteiger partial charge in [0.15, 0.2) is 6.61 Å². The molecule has 0 amide bonds. The summed E-state index contributed by atoms with van der Waals surface area (Å²) in [5.41, 5.74) is 0. The van der Waals surface area contributed by atoms with Crippen LogP contribution >= 0.6 is 0 Å². The topological polar surface area (TPSA) is 35.5 Å². The molecule has 0 unspecified atom stereocenters. The summed E-state index contributed by atoms with van der Waals surface area (Å²) in [4.78, 5) is 10.3. The van der Waals surface area contributed by atoms with Crippen molar-refractivity contribution in [3.63, 3.8) is 0 Å². The molecule has 1 radical (unpaired) electrons. The molecule has 0 aromatic heterocycles. The van der Waals surface area contributed by atoms with Gasteiger partial charge < -0.3 is 9.47 Å². The standard InChI is InChI=1S/C5H7O3/c6-5-1-2-7-3-4-8-5/h4H,1-3H2. The van der Waals surface area contributed by atoms with Gasteiger partial charge in [0.2, 0.25) is 0 Å². The van der Waals surface area contributed by atoms with Gasteiger partial charge in [-0.1, -0.05) is 0 Å². The Labute approximate surface area is 47.6 Å². The predicted molar refractivity (Wildman–Crippen MR) is 25.8 cm³/mol. The first-order chi connectivity index (χ1) is 3.89. The van der Waals surface area contributed by atoms with Gasteiger partial charge in [0.05, 0.1) is 19.6 Å². The van der Waals surface area contributed by atoms with Crippen molar-refractivity contribution in [2.45, 2.75) is 6.42 Å². The van der Waals surface area contributed by atoms with Crippen LogP contribution in [0.25, 0.3) is 0 Å². The summed E-state index contributed by atoms with van der Waals surface area (Å²) in [6, 6.07) is 0. The van der Waals surface area contributed by atoms with Crippen LogP contribution < -0.4 is 0 Å². The lowest BCUT2D eigenvalue weighted by atomic mass is 10.5. The maximum Gasteiger partial charge on any atom is 0.308 e. The van der Waals surface area contributed by atoms with E-state index < -0.39 is 0 Å². The van der Waals surface area contributed by atoms with Crippen LogP contribution in [0, 0.1) is 6.61 Å². The Hall–Kier alpha value is -0.570. The van der Waals surface area contributed by atoms with E-state index in [0.717, 1.165) is 0 Å². The molecule has 8 heavy (non-hydrogen) atoms. The zero-order chi connectivity index (χ0) is 5.82. The summed E-state index contributed by atoms with van der Waals surface area (Å²) in [7, 11) is 0. The number of esters is 1. The molecule has 0 N–H and O–H groups in total. The van der Waals surface area contributed by atoms with Gasteiger partial charge in [-0.05, 0) is 0 Å². The summed E-state index contributed by atoms with van der Waals surface area (Å²) in [6.45, 7) is 2.27. The first-order valence-electron chi connectivity index (χ1n) is 2.48. The molecule has 1 aliphatic rings. The molecule has 1 aliphatic heterocycles. The maximum atomic E-state index is 10.3. The lowest BCUT2D eigenvalue weighted by molar-refractivity contribution is -0.139. The van der Waals surface area contributed by atoms with Crippen LogP contribution in [0.5, 0.6) is 0 Å². The Balaban J connectivity index is 2.27. The largest absolute Gasteiger partial charge is 0.456 e. The van der Waals surface area contributed by atoms with Gasteiger partial charge in [-0.15, -0.1) is 0 Å². The van der Waals surface area contributed by atoms with Crippen LogP contribution in [0.15, 0.2) is 0 Å². The smallest absolute Gasteiger partial charge is 0.308 e. The highest BCUT2D eigenvalue weighted by Gasteiger charge is 2.06. The van der Waals surface area contributed by atoms with Crippen LogP contribution in [0.4, 0.5) is 0 Å². The second kappa shape index (κ2) is 2.67. The van der Waals surface area contributed by atoms with Gasteiger partial charge in [-0.2, -0.15) is 0 Å². The molecule has 3 nitrogen and oxygen atoms in total. The van der Waals surface area contributed by atoms with Gasteiger partial charge in [-0.3, -0.25) is 4.79 Å². The molecule has 0 aromatic carbocycles. The molecule has 1 rings (SSSR count). The van der Waals surface area contributed by atoms with E-state index in [1.165, 1.54) is 6.61 Å². The molecule has 1 saturated heterocycles. The first kappa shape index (κ1) is 5.56. The molecular formula is C5H7O3. The number of hydrogen-bond acceptors (Lipinski definition) is 3. The van der Waals surface area contributed by atoms with Crippen molar-refractivity contribution >= 4 is 5.97 Å². The van der Waals surface area contributed by atoms with Gasteiger partial charge >= 0.3 is 5.97 Å². The molecule has 45 valence electrons. The van der Waals surface area contributed by atoms with Gasteiger partial charge in [0.25, 0.3) is 0 Å². The summed E-state index contributed by atoms with van der Waals surface area (Å²) in [6.07, 6.45) is 0.372. The number of hydrogen-bond donors (Lipinski definition) is 0. The van der Waals surface area contributed by atoms with E-state index in [1.54, 1.807) is 0 Å². The summed E-state index contributed by atoms with van der Waals surface area (Å²) in [5.74, 6) is -0.206. The highest BCUT2D eigenvalue weighted by Crippen LogP contribution is 1.96. The molecule has 3 heteroatoms. The molecule has 0 bridgehead atoms. The fraction of sp³-hybridized carbons (Fsp3) is 0.600. The Kier molecular flexibility index (Phi) is 1.86. The average Bonchev–Trinajstić information content (AvgIpc) is 1.94. The number of ether oxygens (including phenoxy) is 2.